The zero-order chi connectivity index (χ0) is 20.1. The third kappa shape index (κ3) is 6.46. The Kier molecular flexibility index (Phi) is 7.39. The number of hydrogen-bond acceptors (Lipinski definition) is 5. The van der Waals surface area contributed by atoms with Gasteiger partial charge in [0.25, 0.3) is 0 Å². The predicted octanol–water partition coefficient (Wildman–Crippen LogP) is 3.50. The maximum Gasteiger partial charge on any atom is 0.225 e. The second kappa shape index (κ2) is 9.59. The van der Waals surface area contributed by atoms with Gasteiger partial charge in [-0.3, -0.25) is 4.79 Å². The average Bonchev–Trinajstić information content (AvgIpc) is 3.07. The highest BCUT2D eigenvalue weighted by Gasteiger charge is 2.20. The smallest absolute Gasteiger partial charge is 0.225 e. The molecule has 3 rings (SSSR count). The number of carbonyl (C=O) groups excluding carboxylic acids is 1. The van der Waals surface area contributed by atoms with Crippen LogP contribution in [0.5, 0.6) is 0 Å². The molecule has 1 aliphatic heterocycles. The molecule has 0 spiro atoms. The van der Waals surface area contributed by atoms with Gasteiger partial charge in [-0.2, -0.15) is 0 Å². The molecule has 0 saturated carbocycles. The number of hydrogen-bond donors (Lipinski definition) is 1. The van der Waals surface area contributed by atoms with Crippen molar-refractivity contribution in [1.82, 2.24) is 10.2 Å². The van der Waals surface area contributed by atoms with Crippen LogP contribution < -0.4 is 5.32 Å². The maximum atomic E-state index is 12.2. The molecule has 2 heterocycles. The van der Waals surface area contributed by atoms with Crippen LogP contribution in [0.4, 0.5) is 0 Å². The van der Waals surface area contributed by atoms with Crippen LogP contribution >= 0.6 is 34.5 Å². The molecule has 1 aromatic heterocycles. The van der Waals surface area contributed by atoms with Crippen molar-refractivity contribution in [2.45, 2.75) is 12.8 Å². The molecule has 9 heteroatoms. The van der Waals surface area contributed by atoms with Crippen LogP contribution in [0, 0.1) is 0 Å². The fourth-order valence-corrected chi connectivity index (χ4v) is 5.85. The second-order valence-electron chi connectivity index (χ2n) is 6.80. The molecular weight excluding hydrogens is 439 g/mol. The van der Waals surface area contributed by atoms with Gasteiger partial charge in [0.15, 0.2) is 9.84 Å². The zero-order valence-corrected chi connectivity index (χ0v) is 18.4. The molecule has 2 aromatic rings. The highest BCUT2D eigenvalue weighted by atomic mass is 35.5. The SMILES string of the molecule is O=C(Cc1ccc(-c2cc(Cl)cc(Cl)c2)s1)NCCCN1CCS(=O)(=O)CC1. The third-order valence-electron chi connectivity index (χ3n) is 4.55. The Hall–Kier alpha value is -1.12. The van der Waals surface area contributed by atoms with Gasteiger partial charge in [-0.1, -0.05) is 23.2 Å². The average molecular weight is 461 g/mol. The molecule has 0 radical (unpaired) electrons. The Bertz CT molecular complexity index is 910. The van der Waals surface area contributed by atoms with Crippen LogP contribution in [-0.2, 0) is 21.1 Å². The number of rotatable bonds is 7. The van der Waals surface area contributed by atoms with Crippen molar-refractivity contribution in [1.29, 1.82) is 0 Å². The molecule has 1 aliphatic rings. The van der Waals surface area contributed by atoms with Gasteiger partial charge in [0, 0.05) is 39.4 Å². The Labute approximate surface area is 179 Å². The van der Waals surface area contributed by atoms with E-state index in [0.29, 0.717) is 36.1 Å². The Morgan fingerprint density at radius 3 is 2.46 bits per heavy atom. The summed E-state index contributed by atoms with van der Waals surface area (Å²) in [7, 11) is -2.84. The van der Waals surface area contributed by atoms with Crippen LogP contribution in [0.2, 0.25) is 10.0 Å². The maximum absolute atomic E-state index is 12.2. The van der Waals surface area contributed by atoms with Crippen LogP contribution in [0.15, 0.2) is 30.3 Å². The Balaban J connectivity index is 1.41. The van der Waals surface area contributed by atoms with E-state index >= 15 is 0 Å². The molecule has 0 unspecified atom stereocenters. The molecule has 1 N–H and O–H groups in total. The van der Waals surface area contributed by atoms with Gasteiger partial charge in [0.1, 0.15) is 0 Å². The fourth-order valence-electron chi connectivity index (χ4n) is 3.05. The first-order chi connectivity index (χ1) is 13.3. The van der Waals surface area contributed by atoms with E-state index in [4.69, 9.17) is 23.2 Å². The van der Waals surface area contributed by atoms with Crippen molar-refractivity contribution in [3.63, 3.8) is 0 Å². The minimum Gasteiger partial charge on any atom is -0.356 e. The minimum absolute atomic E-state index is 0.0150. The fraction of sp³-hybridized carbons (Fsp3) is 0.421. The van der Waals surface area contributed by atoms with Crippen molar-refractivity contribution in [2.75, 3.05) is 37.7 Å². The summed E-state index contributed by atoms with van der Waals surface area (Å²) < 4.78 is 22.8. The van der Waals surface area contributed by atoms with Crippen LogP contribution in [-0.4, -0.2) is 56.9 Å². The summed E-state index contributed by atoms with van der Waals surface area (Å²) in [6, 6.07) is 9.32. The lowest BCUT2D eigenvalue weighted by Crippen LogP contribution is -2.41. The summed E-state index contributed by atoms with van der Waals surface area (Å²) in [5, 5.41) is 4.10. The number of thiophene rings is 1. The highest BCUT2D eigenvalue weighted by molar-refractivity contribution is 7.91. The molecule has 28 heavy (non-hydrogen) atoms. The van der Waals surface area contributed by atoms with Crippen LogP contribution in [0.25, 0.3) is 10.4 Å². The first-order valence-corrected chi connectivity index (χ1v) is 12.4. The van der Waals surface area contributed by atoms with E-state index in [-0.39, 0.29) is 17.4 Å². The first-order valence-electron chi connectivity index (χ1n) is 9.05. The number of nitrogens with one attached hydrogen (secondary N) is 1. The Morgan fingerprint density at radius 1 is 1.11 bits per heavy atom. The quantitative estimate of drug-likeness (QED) is 0.641. The molecule has 1 amide bonds. The minimum atomic E-state index is -2.84. The molecule has 1 saturated heterocycles. The largest absolute Gasteiger partial charge is 0.356 e. The van der Waals surface area contributed by atoms with Gasteiger partial charge in [0.2, 0.25) is 5.91 Å². The molecule has 1 fully saturated rings. The van der Waals surface area contributed by atoms with Crippen molar-refractivity contribution in [3.8, 4) is 10.4 Å². The summed E-state index contributed by atoms with van der Waals surface area (Å²) in [5.74, 6) is 0.453. The number of nitrogens with zero attached hydrogens (tertiary/aromatic N) is 1. The van der Waals surface area contributed by atoms with Crippen molar-refractivity contribution < 1.29 is 13.2 Å². The van der Waals surface area contributed by atoms with E-state index in [1.165, 1.54) is 0 Å². The predicted molar refractivity (Wildman–Crippen MR) is 116 cm³/mol. The second-order valence-corrected chi connectivity index (χ2v) is 11.1. The summed E-state index contributed by atoms with van der Waals surface area (Å²) in [4.78, 5) is 16.3. The van der Waals surface area contributed by atoms with Gasteiger partial charge < -0.3 is 10.2 Å². The van der Waals surface area contributed by atoms with E-state index < -0.39 is 9.84 Å². The van der Waals surface area contributed by atoms with Crippen molar-refractivity contribution in [3.05, 3.63) is 45.3 Å². The van der Waals surface area contributed by atoms with Crippen molar-refractivity contribution >= 4 is 50.3 Å². The lowest BCUT2D eigenvalue weighted by atomic mass is 10.2. The topological polar surface area (TPSA) is 66.5 Å². The molecule has 5 nitrogen and oxygen atoms in total. The van der Waals surface area contributed by atoms with E-state index in [1.54, 1.807) is 17.4 Å². The summed E-state index contributed by atoms with van der Waals surface area (Å²) in [5.41, 5.74) is 0.942. The van der Waals surface area contributed by atoms with Gasteiger partial charge in [-0.15, -0.1) is 11.3 Å². The van der Waals surface area contributed by atoms with E-state index in [9.17, 15) is 13.2 Å². The highest BCUT2D eigenvalue weighted by Crippen LogP contribution is 2.32. The van der Waals surface area contributed by atoms with Crippen molar-refractivity contribution in [2.24, 2.45) is 0 Å². The van der Waals surface area contributed by atoms with Crippen LogP contribution in [0.1, 0.15) is 11.3 Å². The third-order valence-corrected chi connectivity index (χ3v) is 7.73. The monoisotopic (exact) mass is 460 g/mol. The number of sulfone groups is 1. The van der Waals surface area contributed by atoms with E-state index in [2.05, 4.69) is 10.2 Å². The zero-order valence-electron chi connectivity index (χ0n) is 15.3. The van der Waals surface area contributed by atoms with E-state index in [0.717, 1.165) is 28.3 Å². The van der Waals surface area contributed by atoms with Gasteiger partial charge in [-0.05, 0) is 48.9 Å². The standard InChI is InChI=1S/C19H22Cl2N2O3S2/c20-15-10-14(11-16(21)12-15)18-3-2-17(27-18)13-19(24)22-4-1-5-23-6-8-28(25,26)9-7-23/h2-3,10-12H,1,4-9,13H2,(H,22,24). The van der Waals surface area contributed by atoms with Crippen LogP contribution in [0.3, 0.4) is 0 Å². The normalized spacial score (nSPS) is 16.8. The van der Waals surface area contributed by atoms with Gasteiger partial charge in [0.05, 0.1) is 17.9 Å². The number of benzene rings is 1. The summed E-state index contributed by atoms with van der Waals surface area (Å²) in [6.07, 6.45) is 1.14. The first kappa shape index (κ1) is 21.6. The molecule has 0 aliphatic carbocycles. The Morgan fingerprint density at radius 2 is 1.79 bits per heavy atom. The molecular formula is C19H22Cl2N2O3S2. The number of halogens is 2. The lowest BCUT2D eigenvalue weighted by molar-refractivity contribution is -0.120. The number of carbonyl (C=O) groups is 1. The molecule has 0 atom stereocenters. The molecule has 1 aromatic carbocycles. The van der Waals surface area contributed by atoms with Gasteiger partial charge in [-0.25, -0.2) is 8.42 Å². The lowest BCUT2D eigenvalue weighted by Gasteiger charge is -2.26. The molecule has 152 valence electrons. The molecule has 0 bridgehead atoms. The summed E-state index contributed by atoms with van der Waals surface area (Å²) >= 11 is 13.7. The van der Waals surface area contributed by atoms with E-state index in [1.807, 2.05) is 24.3 Å². The van der Waals surface area contributed by atoms with Gasteiger partial charge >= 0.3 is 0 Å². The summed E-state index contributed by atoms with van der Waals surface area (Å²) in [6.45, 7) is 2.56. The number of amides is 1.